The summed E-state index contributed by atoms with van der Waals surface area (Å²) in [5, 5.41) is 12.1. The van der Waals surface area contributed by atoms with Crippen LogP contribution < -0.4 is 14.6 Å². The molecule has 2 rings (SSSR count). The molecule has 0 saturated heterocycles. The maximum absolute atomic E-state index is 11.0. The van der Waals surface area contributed by atoms with Gasteiger partial charge in [-0.2, -0.15) is 0 Å². The largest absolute Gasteiger partial charge is 0.545 e. The summed E-state index contributed by atoms with van der Waals surface area (Å²) in [5.74, 6) is -0.881. The van der Waals surface area contributed by atoms with Gasteiger partial charge in [-0.1, -0.05) is 40.9 Å². The molecule has 0 saturated carbocycles. The van der Waals surface area contributed by atoms with Crippen molar-refractivity contribution >= 4 is 40.8 Å². The van der Waals surface area contributed by atoms with Gasteiger partial charge >= 0.3 is 0 Å². The highest BCUT2D eigenvalue weighted by Crippen LogP contribution is 2.37. The fourth-order valence-corrected chi connectivity index (χ4v) is 2.61. The van der Waals surface area contributed by atoms with Gasteiger partial charge in [0.05, 0.1) is 17.6 Å². The van der Waals surface area contributed by atoms with Crippen molar-refractivity contribution in [1.82, 2.24) is 0 Å². The fourth-order valence-electron chi connectivity index (χ4n) is 1.88. The molecule has 0 aliphatic carbocycles. The molecule has 0 aliphatic heterocycles. The van der Waals surface area contributed by atoms with E-state index in [0.717, 1.165) is 0 Å². The number of carboxylic acid groups (broad SMARTS) is 1. The Balaban J connectivity index is 2.29. The SMILES string of the molecule is CCOc1cc(C(=O)[O-])cc(Cl)c1OCc1ccc(Cl)cc1Cl. The fraction of sp³-hybridized carbons (Fsp3) is 0.188. The first-order chi connectivity index (χ1) is 10.9. The van der Waals surface area contributed by atoms with Crippen LogP contribution in [0.1, 0.15) is 22.8 Å². The van der Waals surface area contributed by atoms with Crippen molar-refractivity contribution in [2.75, 3.05) is 6.61 Å². The van der Waals surface area contributed by atoms with Crippen LogP contribution in [0.4, 0.5) is 0 Å². The Hall–Kier alpha value is -1.62. The lowest BCUT2D eigenvalue weighted by Crippen LogP contribution is -2.22. The molecule has 0 bridgehead atoms. The minimum Gasteiger partial charge on any atom is -0.545 e. The molecule has 0 N–H and O–H groups in total. The number of carboxylic acids is 1. The van der Waals surface area contributed by atoms with E-state index in [1.165, 1.54) is 12.1 Å². The van der Waals surface area contributed by atoms with Crippen molar-refractivity contribution in [2.24, 2.45) is 0 Å². The van der Waals surface area contributed by atoms with E-state index >= 15 is 0 Å². The van der Waals surface area contributed by atoms with E-state index < -0.39 is 5.97 Å². The first-order valence-corrected chi connectivity index (χ1v) is 7.80. The van der Waals surface area contributed by atoms with Gasteiger partial charge in [0, 0.05) is 21.2 Å². The van der Waals surface area contributed by atoms with Crippen molar-refractivity contribution in [1.29, 1.82) is 0 Å². The standard InChI is InChI=1S/C16H13Cl3O4/c1-2-22-14-6-10(16(20)21)5-13(19)15(14)23-8-9-3-4-11(17)7-12(9)18/h3-7H,2,8H2,1H3,(H,20,21)/p-1. The van der Waals surface area contributed by atoms with Gasteiger partial charge in [0.25, 0.3) is 0 Å². The zero-order chi connectivity index (χ0) is 17.0. The monoisotopic (exact) mass is 373 g/mol. The highest BCUT2D eigenvalue weighted by molar-refractivity contribution is 6.35. The number of rotatable bonds is 6. The summed E-state index contributed by atoms with van der Waals surface area (Å²) < 4.78 is 11.1. The van der Waals surface area contributed by atoms with Gasteiger partial charge in [0.1, 0.15) is 6.61 Å². The third-order valence-electron chi connectivity index (χ3n) is 2.93. The highest BCUT2D eigenvalue weighted by atomic mass is 35.5. The molecule has 23 heavy (non-hydrogen) atoms. The van der Waals surface area contributed by atoms with E-state index in [2.05, 4.69) is 0 Å². The molecular weight excluding hydrogens is 363 g/mol. The molecule has 122 valence electrons. The maximum Gasteiger partial charge on any atom is 0.180 e. The second-order valence-corrected chi connectivity index (χ2v) is 5.78. The van der Waals surface area contributed by atoms with E-state index in [4.69, 9.17) is 44.3 Å². The Labute approximate surface area is 148 Å². The van der Waals surface area contributed by atoms with Crippen molar-refractivity contribution in [2.45, 2.75) is 13.5 Å². The topological polar surface area (TPSA) is 58.6 Å². The van der Waals surface area contributed by atoms with Crippen molar-refractivity contribution in [3.05, 3.63) is 56.5 Å². The average Bonchev–Trinajstić information content (AvgIpc) is 2.48. The van der Waals surface area contributed by atoms with E-state index in [1.54, 1.807) is 25.1 Å². The van der Waals surface area contributed by atoms with E-state index in [1.807, 2.05) is 0 Å². The summed E-state index contributed by atoms with van der Waals surface area (Å²) in [7, 11) is 0. The predicted octanol–water partition coefficient (Wildman–Crippen LogP) is 3.99. The maximum atomic E-state index is 11.0. The zero-order valence-corrected chi connectivity index (χ0v) is 14.3. The van der Waals surface area contributed by atoms with Crippen LogP contribution in [0.25, 0.3) is 0 Å². The van der Waals surface area contributed by atoms with Crippen LogP contribution in [-0.4, -0.2) is 12.6 Å². The smallest absolute Gasteiger partial charge is 0.180 e. The Morgan fingerprint density at radius 1 is 1.09 bits per heavy atom. The Kier molecular flexibility index (Phi) is 5.99. The number of hydrogen-bond acceptors (Lipinski definition) is 4. The number of carbonyl (C=O) groups excluding carboxylic acids is 1. The molecule has 4 nitrogen and oxygen atoms in total. The molecule has 0 atom stereocenters. The molecule has 0 spiro atoms. The molecule has 0 fully saturated rings. The van der Waals surface area contributed by atoms with E-state index in [-0.39, 0.29) is 28.7 Å². The van der Waals surface area contributed by atoms with Crippen LogP contribution in [-0.2, 0) is 6.61 Å². The lowest BCUT2D eigenvalue weighted by Gasteiger charge is -2.16. The predicted molar refractivity (Wildman–Crippen MR) is 87.7 cm³/mol. The van der Waals surface area contributed by atoms with Crippen LogP contribution in [0, 0.1) is 0 Å². The lowest BCUT2D eigenvalue weighted by molar-refractivity contribution is -0.255. The molecule has 0 aliphatic rings. The van der Waals surface area contributed by atoms with Crippen LogP contribution in [0.15, 0.2) is 30.3 Å². The number of hydrogen-bond donors (Lipinski definition) is 0. The van der Waals surface area contributed by atoms with Crippen LogP contribution in [0.3, 0.4) is 0 Å². The van der Waals surface area contributed by atoms with Gasteiger partial charge in [0.2, 0.25) is 0 Å². The lowest BCUT2D eigenvalue weighted by atomic mass is 10.2. The van der Waals surface area contributed by atoms with Crippen LogP contribution >= 0.6 is 34.8 Å². The Morgan fingerprint density at radius 2 is 1.83 bits per heavy atom. The quantitative estimate of drug-likeness (QED) is 0.767. The highest BCUT2D eigenvalue weighted by Gasteiger charge is 2.14. The van der Waals surface area contributed by atoms with Crippen molar-refractivity contribution in [3.63, 3.8) is 0 Å². The average molecular weight is 375 g/mol. The summed E-state index contributed by atoms with van der Waals surface area (Å²) in [6.45, 7) is 2.21. The summed E-state index contributed by atoms with van der Waals surface area (Å²) in [5.41, 5.74) is 0.619. The van der Waals surface area contributed by atoms with Gasteiger partial charge in [-0.25, -0.2) is 0 Å². The Bertz CT molecular complexity index is 732. The number of benzene rings is 2. The number of carbonyl (C=O) groups is 1. The molecule has 0 heterocycles. The minimum atomic E-state index is -1.35. The zero-order valence-electron chi connectivity index (χ0n) is 12.1. The number of ether oxygens (including phenoxy) is 2. The van der Waals surface area contributed by atoms with E-state index in [9.17, 15) is 9.90 Å². The third-order valence-corrected chi connectivity index (χ3v) is 3.80. The van der Waals surface area contributed by atoms with Gasteiger partial charge in [-0.05, 0) is 31.2 Å². The number of halogens is 3. The molecule has 2 aromatic rings. The first-order valence-electron chi connectivity index (χ1n) is 6.66. The molecule has 7 heteroatoms. The summed E-state index contributed by atoms with van der Waals surface area (Å²) in [6.07, 6.45) is 0. The third kappa shape index (κ3) is 4.44. The Morgan fingerprint density at radius 3 is 2.43 bits per heavy atom. The van der Waals surface area contributed by atoms with Crippen molar-refractivity contribution in [3.8, 4) is 11.5 Å². The van der Waals surface area contributed by atoms with Gasteiger partial charge in [0.15, 0.2) is 11.5 Å². The first kappa shape index (κ1) is 17.7. The molecule has 0 amide bonds. The van der Waals surface area contributed by atoms with E-state index in [0.29, 0.717) is 22.2 Å². The van der Waals surface area contributed by atoms with Crippen LogP contribution in [0.5, 0.6) is 11.5 Å². The van der Waals surface area contributed by atoms with Gasteiger partial charge in [-0.3, -0.25) is 0 Å². The van der Waals surface area contributed by atoms with Gasteiger partial charge < -0.3 is 19.4 Å². The summed E-state index contributed by atoms with van der Waals surface area (Å²) >= 11 is 18.0. The van der Waals surface area contributed by atoms with Gasteiger partial charge in [-0.15, -0.1) is 0 Å². The number of aromatic carboxylic acids is 1. The normalized spacial score (nSPS) is 10.4. The summed E-state index contributed by atoms with van der Waals surface area (Å²) in [6, 6.07) is 7.58. The molecule has 0 radical (unpaired) electrons. The second-order valence-electron chi connectivity index (χ2n) is 4.53. The second kappa shape index (κ2) is 7.77. The minimum absolute atomic E-state index is 0.0877. The molecule has 2 aromatic carbocycles. The summed E-state index contributed by atoms with van der Waals surface area (Å²) in [4.78, 5) is 11.0. The molecule has 0 unspecified atom stereocenters. The molecular formula is C16H12Cl3O4-. The van der Waals surface area contributed by atoms with Crippen molar-refractivity contribution < 1.29 is 19.4 Å². The van der Waals surface area contributed by atoms with Crippen LogP contribution in [0.2, 0.25) is 15.1 Å². The molecule has 0 aromatic heterocycles.